The SMILES string of the molecule is Cl.O=C(CCC1CCNC1)NCC1(c2ccc3c(c2)OCO3)CCOCC1. The minimum Gasteiger partial charge on any atom is -0.454 e. The first-order valence-electron chi connectivity index (χ1n) is 9.70. The number of fused-ring (bicyclic) bond motifs is 1. The van der Waals surface area contributed by atoms with E-state index in [0.717, 1.165) is 57.1 Å². The number of ether oxygens (including phenoxy) is 3. The van der Waals surface area contributed by atoms with E-state index in [0.29, 0.717) is 18.9 Å². The predicted molar refractivity (Wildman–Crippen MR) is 105 cm³/mol. The highest BCUT2D eigenvalue weighted by molar-refractivity contribution is 5.85. The van der Waals surface area contributed by atoms with Crippen molar-refractivity contribution in [3.05, 3.63) is 23.8 Å². The van der Waals surface area contributed by atoms with Gasteiger partial charge in [0.05, 0.1) is 0 Å². The van der Waals surface area contributed by atoms with Crippen LogP contribution in [0.15, 0.2) is 18.2 Å². The van der Waals surface area contributed by atoms with E-state index in [4.69, 9.17) is 14.2 Å². The lowest BCUT2D eigenvalue weighted by Gasteiger charge is -2.38. The lowest BCUT2D eigenvalue weighted by Crippen LogP contribution is -2.44. The van der Waals surface area contributed by atoms with Crippen molar-refractivity contribution in [3.63, 3.8) is 0 Å². The maximum absolute atomic E-state index is 12.4. The van der Waals surface area contributed by atoms with Crippen LogP contribution in [-0.2, 0) is 14.9 Å². The molecular formula is C20H29ClN2O4. The molecule has 2 N–H and O–H groups in total. The van der Waals surface area contributed by atoms with Gasteiger partial charge in [0, 0.05) is 31.6 Å². The zero-order valence-corrected chi connectivity index (χ0v) is 16.4. The molecule has 3 heterocycles. The van der Waals surface area contributed by atoms with E-state index in [2.05, 4.69) is 22.8 Å². The first-order chi connectivity index (χ1) is 12.8. The number of nitrogens with one attached hydrogen (secondary N) is 2. The second kappa shape index (κ2) is 9.13. The second-order valence-electron chi connectivity index (χ2n) is 7.63. The Morgan fingerprint density at radius 2 is 2.04 bits per heavy atom. The molecule has 0 spiro atoms. The van der Waals surface area contributed by atoms with Crippen molar-refractivity contribution in [1.82, 2.24) is 10.6 Å². The summed E-state index contributed by atoms with van der Waals surface area (Å²) >= 11 is 0. The van der Waals surface area contributed by atoms with Crippen LogP contribution in [0.3, 0.4) is 0 Å². The van der Waals surface area contributed by atoms with Crippen molar-refractivity contribution < 1.29 is 19.0 Å². The van der Waals surface area contributed by atoms with E-state index < -0.39 is 0 Å². The van der Waals surface area contributed by atoms with Gasteiger partial charge in [0.15, 0.2) is 11.5 Å². The fraction of sp³-hybridized carbons (Fsp3) is 0.650. The van der Waals surface area contributed by atoms with Crippen LogP contribution in [0.4, 0.5) is 0 Å². The lowest BCUT2D eigenvalue weighted by atomic mass is 9.74. The summed E-state index contributed by atoms with van der Waals surface area (Å²) in [7, 11) is 0. The van der Waals surface area contributed by atoms with Crippen LogP contribution >= 0.6 is 12.4 Å². The van der Waals surface area contributed by atoms with Gasteiger partial charge in [-0.05, 0) is 62.4 Å². The molecule has 0 saturated carbocycles. The Balaban J connectivity index is 0.00000210. The number of carbonyl (C=O) groups is 1. The minimum atomic E-state index is -0.0934. The molecule has 1 unspecified atom stereocenters. The highest BCUT2D eigenvalue weighted by Crippen LogP contribution is 2.40. The van der Waals surface area contributed by atoms with Gasteiger partial charge < -0.3 is 24.8 Å². The molecule has 0 aromatic heterocycles. The Kier molecular flexibility index (Phi) is 6.84. The monoisotopic (exact) mass is 396 g/mol. The van der Waals surface area contributed by atoms with E-state index in [9.17, 15) is 4.79 Å². The number of rotatable bonds is 6. The van der Waals surface area contributed by atoms with Crippen molar-refractivity contribution in [1.29, 1.82) is 0 Å². The summed E-state index contributed by atoms with van der Waals surface area (Å²) in [5.74, 6) is 2.40. The summed E-state index contributed by atoms with van der Waals surface area (Å²) < 4.78 is 16.6. The molecule has 0 bridgehead atoms. The van der Waals surface area contributed by atoms with E-state index in [1.165, 1.54) is 12.0 Å². The Morgan fingerprint density at radius 3 is 2.81 bits per heavy atom. The summed E-state index contributed by atoms with van der Waals surface area (Å²) in [5, 5.41) is 6.56. The number of carbonyl (C=O) groups excluding carboxylic acids is 1. The lowest BCUT2D eigenvalue weighted by molar-refractivity contribution is -0.121. The fourth-order valence-electron chi connectivity index (χ4n) is 4.21. The molecule has 2 fully saturated rings. The highest BCUT2D eigenvalue weighted by Gasteiger charge is 2.36. The van der Waals surface area contributed by atoms with Gasteiger partial charge >= 0.3 is 0 Å². The van der Waals surface area contributed by atoms with Crippen molar-refractivity contribution >= 4 is 18.3 Å². The van der Waals surface area contributed by atoms with E-state index >= 15 is 0 Å². The molecule has 6 nitrogen and oxygen atoms in total. The van der Waals surface area contributed by atoms with Gasteiger partial charge in [0.2, 0.25) is 12.7 Å². The second-order valence-corrected chi connectivity index (χ2v) is 7.63. The van der Waals surface area contributed by atoms with Crippen LogP contribution in [0.25, 0.3) is 0 Å². The molecule has 4 rings (SSSR count). The van der Waals surface area contributed by atoms with Crippen molar-refractivity contribution in [2.75, 3.05) is 39.6 Å². The largest absolute Gasteiger partial charge is 0.454 e. The van der Waals surface area contributed by atoms with Crippen LogP contribution in [0.1, 0.15) is 37.7 Å². The third-order valence-electron chi connectivity index (χ3n) is 6.00. The van der Waals surface area contributed by atoms with Crippen molar-refractivity contribution in [3.8, 4) is 11.5 Å². The van der Waals surface area contributed by atoms with Gasteiger partial charge in [0.1, 0.15) is 0 Å². The Morgan fingerprint density at radius 1 is 1.22 bits per heavy atom. The normalized spacial score (nSPS) is 22.9. The fourth-order valence-corrected chi connectivity index (χ4v) is 4.21. The third-order valence-corrected chi connectivity index (χ3v) is 6.00. The molecule has 0 aliphatic carbocycles. The number of benzene rings is 1. The van der Waals surface area contributed by atoms with Gasteiger partial charge in [0.25, 0.3) is 0 Å². The van der Waals surface area contributed by atoms with Crippen LogP contribution < -0.4 is 20.1 Å². The molecule has 3 aliphatic heterocycles. The Labute approximate surface area is 166 Å². The zero-order chi connectivity index (χ0) is 17.8. The Hall–Kier alpha value is -1.50. The number of hydrogen-bond donors (Lipinski definition) is 2. The van der Waals surface area contributed by atoms with Gasteiger partial charge in [-0.1, -0.05) is 6.07 Å². The average molecular weight is 397 g/mol. The predicted octanol–water partition coefficient (Wildman–Crippen LogP) is 2.39. The first-order valence-corrected chi connectivity index (χ1v) is 9.70. The molecule has 1 atom stereocenters. The summed E-state index contributed by atoms with van der Waals surface area (Å²) in [6, 6.07) is 6.16. The summed E-state index contributed by atoms with van der Waals surface area (Å²) in [4.78, 5) is 12.4. The molecule has 150 valence electrons. The topological polar surface area (TPSA) is 68.8 Å². The maximum Gasteiger partial charge on any atom is 0.231 e. The van der Waals surface area contributed by atoms with E-state index in [-0.39, 0.29) is 30.5 Å². The van der Waals surface area contributed by atoms with Crippen LogP contribution in [0.5, 0.6) is 11.5 Å². The molecule has 7 heteroatoms. The van der Waals surface area contributed by atoms with Crippen molar-refractivity contribution in [2.45, 2.75) is 37.5 Å². The van der Waals surface area contributed by atoms with Gasteiger partial charge in [-0.25, -0.2) is 0 Å². The molecule has 2 saturated heterocycles. The van der Waals surface area contributed by atoms with Crippen LogP contribution in [-0.4, -0.2) is 45.5 Å². The van der Waals surface area contributed by atoms with Crippen LogP contribution in [0.2, 0.25) is 0 Å². The smallest absolute Gasteiger partial charge is 0.231 e. The van der Waals surface area contributed by atoms with E-state index in [1.54, 1.807) is 0 Å². The first kappa shape index (κ1) is 20.2. The molecule has 0 radical (unpaired) electrons. The van der Waals surface area contributed by atoms with Gasteiger partial charge in [-0.3, -0.25) is 4.79 Å². The summed E-state index contributed by atoms with van der Waals surface area (Å²) in [6.45, 7) is 4.50. The number of halogens is 1. The minimum absolute atomic E-state index is 0. The molecule has 1 aromatic carbocycles. The van der Waals surface area contributed by atoms with Crippen molar-refractivity contribution in [2.24, 2.45) is 5.92 Å². The molecule has 1 amide bonds. The zero-order valence-electron chi connectivity index (χ0n) is 15.6. The summed E-state index contributed by atoms with van der Waals surface area (Å²) in [5.41, 5.74) is 1.11. The molecule has 1 aromatic rings. The van der Waals surface area contributed by atoms with Gasteiger partial charge in [-0.15, -0.1) is 12.4 Å². The highest BCUT2D eigenvalue weighted by atomic mass is 35.5. The number of hydrogen-bond acceptors (Lipinski definition) is 5. The summed E-state index contributed by atoms with van der Waals surface area (Å²) in [6.07, 6.45) is 4.57. The molecule has 3 aliphatic rings. The molecular weight excluding hydrogens is 368 g/mol. The Bertz CT molecular complexity index is 643. The maximum atomic E-state index is 12.4. The molecule has 27 heavy (non-hydrogen) atoms. The van der Waals surface area contributed by atoms with Gasteiger partial charge in [-0.2, -0.15) is 0 Å². The van der Waals surface area contributed by atoms with Crippen LogP contribution in [0, 0.1) is 5.92 Å². The van der Waals surface area contributed by atoms with E-state index in [1.807, 2.05) is 6.07 Å². The number of amides is 1. The third kappa shape index (κ3) is 4.68. The quantitative estimate of drug-likeness (QED) is 0.772. The average Bonchev–Trinajstić information content (AvgIpc) is 3.36. The standard InChI is InChI=1S/C20H28N2O4.ClH/c23-19(4-1-15-5-8-21-12-15)22-13-20(6-9-24-10-7-20)16-2-3-17-18(11-16)26-14-25-17;/h2-3,11,15,21H,1,4-10,12-14H2,(H,22,23);1H.